The Morgan fingerprint density at radius 1 is 1.09 bits per heavy atom. The van der Waals surface area contributed by atoms with Crippen LogP contribution in [0, 0.1) is 11.6 Å². The number of likely N-dealkylation sites (tertiary alicyclic amines) is 1. The zero-order chi connectivity index (χ0) is 33.4. The van der Waals surface area contributed by atoms with E-state index in [2.05, 4.69) is 25.2 Å². The lowest BCUT2D eigenvalue weighted by Crippen LogP contribution is -2.53. The number of alkyl halides is 4. The van der Waals surface area contributed by atoms with Crippen LogP contribution >= 0.6 is 11.3 Å². The predicted molar refractivity (Wildman–Crippen MR) is 170 cm³/mol. The number of nitrogen functional groups attached to an aromatic ring is 1. The first-order chi connectivity index (χ1) is 22.2. The average molecular weight is 680 g/mol. The van der Waals surface area contributed by atoms with Gasteiger partial charge in [0.15, 0.2) is 10.9 Å². The molecular formula is C32H35F6N7OS. The van der Waals surface area contributed by atoms with Crippen LogP contribution in [-0.2, 0) is 6.18 Å². The van der Waals surface area contributed by atoms with E-state index < -0.39 is 46.8 Å². The summed E-state index contributed by atoms with van der Waals surface area (Å²) in [5, 5.41) is 3.32. The highest BCUT2D eigenvalue weighted by atomic mass is 32.1. The number of anilines is 2. The van der Waals surface area contributed by atoms with Gasteiger partial charge in [-0.3, -0.25) is 4.90 Å². The number of benzene rings is 2. The van der Waals surface area contributed by atoms with Crippen LogP contribution in [0.3, 0.4) is 0 Å². The van der Waals surface area contributed by atoms with Gasteiger partial charge in [0.05, 0.1) is 15.8 Å². The van der Waals surface area contributed by atoms with E-state index in [1.807, 2.05) is 18.7 Å². The van der Waals surface area contributed by atoms with Gasteiger partial charge < -0.3 is 20.7 Å². The average Bonchev–Trinajstić information content (AvgIpc) is 3.55. The van der Waals surface area contributed by atoms with Crippen LogP contribution < -0.4 is 20.7 Å². The highest BCUT2D eigenvalue weighted by Crippen LogP contribution is 2.46. The molecule has 3 aliphatic heterocycles. The van der Waals surface area contributed by atoms with Crippen LogP contribution in [0.1, 0.15) is 52.0 Å². The number of halogens is 6. The molecule has 4 unspecified atom stereocenters. The summed E-state index contributed by atoms with van der Waals surface area (Å²) >= 11 is 0.766. The van der Waals surface area contributed by atoms with Crippen molar-refractivity contribution in [3.63, 3.8) is 0 Å². The molecule has 0 amide bonds. The lowest BCUT2D eigenvalue weighted by atomic mass is 9.89. The van der Waals surface area contributed by atoms with Crippen LogP contribution in [0.15, 0.2) is 18.2 Å². The smallest absolute Gasteiger partial charge is 0.417 e. The van der Waals surface area contributed by atoms with Crippen LogP contribution in [0.4, 0.5) is 37.3 Å². The predicted octanol–water partition coefficient (Wildman–Crippen LogP) is 6.71. The van der Waals surface area contributed by atoms with Gasteiger partial charge in [-0.15, -0.1) is 0 Å². The number of nitrogens with one attached hydrogen (secondary N) is 1. The molecule has 2 aromatic heterocycles. The fourth-order valence-corrected chi connectivity index (χ4v) is 8.14. The third-order valence-corrected chi connectivity index (χ3v) is 10.5. The number of aromatic nitrogens is 3. The normalized spacial score (nSPS) is 23.9. The number of ether oxygens (including phenoxy) is 1. The van der Waals surface area contributed by atoms with Gasteiger partial charge in [0.25, 0.3) is 0 Å². The van der Waals surface area contributed by atoms with Gasteiger partial charge in [-0.05, 0) is 64.7 Å². The van der Waals surface area contributed by atoms with E-state index in [0.29, 0.717) is 39.0 Å². The number of rotatable bonds is 6. The van der Waals surface area contributed by atoms with Crippen molar-refractivity contribution >= 4 is 43.4 Å². The molecule has 3 fully saturated rings. The molecule has 5 heterocycles. The third kappa shape index (κ3) is 5.94. The van der Waals surface area contributed by atoms with Crippen LogP contribution in [0.2, 0.25) is 0 Å². The van der Waals surface area contributed by atoms with E-state index in [0.717, 1.165) is 42.4 Å². The quantitative estimate of drug-likeness (QED) is 0.218. The Morgan fingerprint density at radius 3 is 2.49 bits per heavy atom. The standard InChI is InChI=1S/C32H35F6N7OS/c1-15(12-45-9-8-16(33)11-31(45,2)3)46-30-42-25-20(28(43-30)44-13-17-4-5-18(14-44)40-17)10-21(32(36,37)38)23(24(25)35)19-6-7-22(34)27-26(19)41-29(39)47-27/h6-7,10,15-18,40H,4-5,8-9,11-14H2,1-3H3,(H2,39,41). The van der Waals surface area contributed by atoms with Crippen molar-refractivity contribution in [3.8, 4) is 17.1 Å². The molecule has 3 N–H and O–H groups in total. The number of hydrogen-bond acceptors (Lipinski definition) is 9. The van der Waals surface area contributed by atoms with Crippen molar-refractivity contribution in [2.45, 2.75) is 82.5 Å². The number of nitrogens with two attached hydrogens (primary N) is 1. The third-order valence-electron chi connectivity index (χ3n) is 9.57. The molecule has 4 aromatic rings. The summed E-state index contributed by atoms with van der Waals surface area (Å²) in [6.45, 7) is 7.59. The fourth-order valence-electron chi connectivity index (χ4n) is 7.37. The highest BCUT2D eigenvalue weighted by molar-refractivity contribution is 7.22. The molecule has 3 saturated heterocycles. The summed E-state index contributed by atoms with van der Waals surface area (Å²) in [7, 11) is 0. The maximum Gasteiger partial charge on any atom is 0.417 e. The van der Waals surface area contributed by atoms with Crippen LogP contribution in [0.25, 0.3) is 32.2 Å². The topological polar surface area (TPSA) is 92.4 Å². The second-order valence-electron chi connectivity index (χ2n) is 13.5. The Labute approximate surface area is 271 Å². The zero-order valence-electron chi connectivity index (χ0n) is 26.1. The van der Waals surface area contributed by atoms with Gasteiger partial charge >= 0.3 is 12.2 Å². The van der Waals surface area contributed by atoms with E-state index >= 15 is 4.39 Å². The minimum atomic E-state index is -4.99. The first kappa shape index (κ1) is 32.1. The van der Waals surface area contributed by atoms with Gasteiger partial charge in [0, 0.05) is 60.3 Å². The highest BCUT2D eigenvalue weighted by Gasteiger charge is 2.40. The molecule has 2 aromatic carbocycles. The van der Waals surface area contributed by atoms with Gasteiger partial charge in [-0.2, -0.15) is 23.1 Å². The molecule has 0 saturated carbocycles. The Hall–Kier alpha value is -3.43. The number of fused-ring (bicyclic) bond motifs is 4. The van der Waals surface area contributed by atoms with E-state index in [1.54, 1.807) is 6.92 Å². The van der Waals surface area contributed by atoms with Crippen molar-refractivity contribution in [1.82, 2.24) is 25.2 Å². The Balaban J connectivity index is 1.38. The lowest BCUT2D eigenvalue weighted by Gasteiger charge is -2.44. The van der Waals surface area contributed by atoms with Crippen LogP contribution in [-0.4, -0.2) is 75.9 Å². The number of piperidine rings is 1. The molecule has 7 rings (SSSR count). The molecule has 3 aliphatic rings. The Kier molecular flexibility index (Phi) is 7.94. The van der Waals surface area contributed by atoms with E-state index in [9.17, 15) is 22.0 Å². The van der Waals surface area contributed by atoms with Crippen LogP contribution in [0.5, 0.6) is 6.01 Å². The van der Waals surface area contributed by atoms with Gasteiger partial charge in [-0.25, -0.2) is 18.2 Å². The first-order valence-corrected chi connectivity index (χ1v) is 16.5. The minimum absolute atomic E-state index is 0.0670. The summed E-state index contributed by atoms with van der Waals surface area (Å²) in [5.74, 6) is -1.83. The summed E-state index contributed by atoms with van der Waals surface area (Å²) in [6.07, 6.45) is -3.82. The van der Waals surface area contributed by atoms with Gasteiger partial charge in [0.1, 0.15) is 29.4 Å². The molecule has 0 spiro atoms. The van der Waals surface area contributed by atoms with E-state index in [4.69, 9.17) is 10.5 Å². The summed E-state index contributed by atoms with van der Waals surface area (Å²) in [4.78, 5) is 17.0. The molecule has 4 atom stereocenters. The Bertz CT molecular complexity index is 1840. The van der Waals surface area contributed by atoms with Gasteiger partial charge in [0.2, 0.25) is 0 Å². The molecule has 0 aliphatic carbocycles. The molecule has 8 nitrogen and oxygen atoms in total. The number of piperazine rings is 1. The maximum atomic E-state index is 16.9. The zero-order valence-corrected chi connectivity index (χ0v) is 26.9. The second-order valence-corrected chi connectivity index (χ2v) is 14.5. The molecule has 47 heavy (non-hydrogen) atoms. The SMILES string of the molecule is CC(CN1CCC(F)CC1(C)C)Oc1nc(N2CC3CCC(C2)N3)c2cc(C(F)(F)F)c(-c3ccc(F)c4sc(N)nc34)c(F)c2n1. The van der Waals surface area contributed by atoms with Crippen molar-refractivity contribution in [1.29, 1.82) is 0 Å². The minimum Gasteiger partial charge on any atom is -0.459 e. The van der Waals surface area contributed by atoms with Crippen molar-refractivity contribution in [2.75, 3.05) is 36.8 Å². The second kappa shape index (κ2) is 11.6. The van der Waals surface area contributed by atoms with Crippen molar-refractivity contribution in [3.05, 3.63) is 35.4 Å². The van der Waals surface area contributed by atoms with E-state index in [-0.39, 0.29) is 55.7 Å². The monoisotopic (exact) mass is 679 g/mol. The molecule has 15 heteroatoms. The molecule has 0 radical (unpaired) electrons. The molecular weight excluding hydrogens is 644 g/mol. The first-order valence-electron chi connectivity index (χ1n) is 15.7. The van der Waals surface area contributed by atoms with E-state index in [1.165, 1.54) is 0 Å². The number of hydrogen-bond donors (Lipinski definition) is 2. The molecule has 2 bridgehead atoms. The summed E-state index contributed by atoms with van der Waals surface area (Å²) in [6, 6.07) is 2.96. The van der Waals surface area contributed by atoms with Gasteiger partial charge in [-0.1, -0.05) is 11.3 Å². The lowest BCUT2D eigenvalue weighted by molar-refractivity contribution is -0.137. The molecule has 252 valence electrons. The number of nitrogens with zero attached hydrogens (tertiary/aromatic N) is 5. The summed E-state index contributed by atoms with van der Waals surface area (Å²) < 4.78 is 96.1. The largest absolute Gasteiger partial charge is 0.459 e. The number of thiazole rings is 1. The fraction of sp³-hybridized carbons (Fsp3) is 0.531. The maximum absolute atomic E-state index is 16.9. The van der Waals surface area contributed by atoms with Crippen molar-refractivity contribution < 1.29 is 31.1 Å². The Morgan fingerprint density at radius 2 is 1.81 bits per heavy atom. The van der Waals surface area contributed by atoms with Crippen molar-refractivity contribution in [2.24, 2.45) is 0 Å². The summed E-state index contributed by atoms with van der Waals surface area (Å²) in [5.41, 5.74) is 2.54.